The Labute approximate surface area is 96.2 Å². The van der Waals surface area contributed by atoms with Gasteiger partial charge in [-0.2, -0.15) is 0 Å². The van der Waals surface area contributed by atoms with Crippen molar-refractivity contribution in [2.75, 3.05) is 24.5 Å². The molecule has 0 aliphatic rings. The fraction of sp³-hybridized carbons (Fsp3) is 0.417. The molecule has 1 amide bonds. The molecule has 0 bridgehead atoms. The summed E-state index contributed by atoms with van der Waals surface area (Å²) in [4.78, 5) is 13.0. The minimum Gasteiger partial charge on any atom is -0.368 e. The summed E-state index contributed by atoms with van der Waals surface area (Å²) in [6, 6.07) is 7.95. The summed E-state index contributed by atoms with van der Waals surface area (Å²) >= 11 is 0. The van der Waals surface area contributed by atoms with Gasteiger partial charge in [0.1, 0.15) is 0 Å². The Morgan fingerprint density at radius 3 is 2.62 bits per heavy atom. The predicted molar refractivity (Wildman–Crippen MR) is 66.3 cm³/mol. The molecule has 0 saturated carbocycles. The number of nitrogens with zero attached hydrogens (tertiary/aromatic N) is 1. The molecule has 4 heteroatoms. The maximum atomic E-state index is 11.0. The fourth-order valence-corrected chi connectivity index (χ4v) is 1.67. The molecule has 0 heterocycles. The Bertz CT molecular complexity index is 352. The van der Waals surface area contributed by atoms with Gasteiger partial charge in [0.2, 0.25) is 5.91 Å². The van der Waals surface area contributed by atoms with Gasteiger partial charge < -0.3 is 16.4 Å². The number of amides is 1. The van der Waals surface area contributed by atoms with E-state index >= 15 is 0 Å². The van der Waals surface area contributed by atoms with Crippen LogP contribution in [0.15, 0.2) is 24.3 Å². The second kappa shape index (κ2) is 6.12. The number of anilines is 1. The van der Waals surface area contributed by atoms with Gasteiger partial charge in [0.15, 0.2) is 0 Å². The molecule has 0 aliphatic carbocycles. The average molecular weight is 221 g/mol. The number of para-hydroxylation sites is 1. The lowest BCUT2D eigenvalue weighted by Gasteiger charge is -2.24. The van der Waals surface area contributed by atoms with Gasteiger partial charge in [-0.05, 0) is 31.5 Å². The average Bonchev–Trinajstić information content (AvgIpc) is 2.24. The van der Waals surface area contributed by atoms with Crippen LogP contribution < -0.4 is 16.4 Å². The van der Waals surface area contributed by atoms with Gasteiger partial charge in [-0.1, -0.05) is 18.2 Å². The van der Waals surface area contributed by atoms with Crippen LogP contribution in [0.5, 0.6) is 0 Å². The third-order valence-electron chi connectivity index (χ3n) is 2.43. The number of hydrogen-bond donors (Lipinski definition) is 2. The molecule has 0 fully saturated rings. The van der Waals surface area contributed by atoms with E-state index in [9.17, 15) is 4.79 Å². The molecule has 0 spiro atoms. The number of nitrogens with two attached hydrogens (primary N) is 2. The molecule has 1 aromatic rings. The topological polar surface area (TPSA) is 72.3 Å². The summed E-state index contributed by atoms with van der Waals surface area (Å²) in [5, 5.41) is 0. The maximum absolute atomic E-state index is 11.0. The van der Waals surface area contributed by atoms with Gasteiger partial charge in [-0.15, -0.1) is 0 Å². The van der Waals surface area contributed by atoms with E-state index in [0.717, 1.165) is 24.2 Å². The smallest absolute Gasteiger partial charge is 0.236 e. The summed E-state index contributed by atoms with van der Waals surface area (Å²) in [5.74, 6) is -0.319. The summed E-state index contributed by atoms with van der Waals surface area (Å²) in [5.41, 5.74) is 12.9. The van der Waals surface area contributed by atoms with Crippen LogP contribution in [0.25, 0.3) is 0 Å². The zero-order valence-electron chi connectivity index (χ0n) is 9.65. The molecule has 0 aliphatic heterocycles. The first-order valence-electron chi connectivity index (χ1n) is 5.44. The lowest BCUT2D eigenvalue weighted by atomic mass is 10.1. The first-order valence-corrected chi connectivity index (χ1v) is 5.44. The van der Waals surface area contributed by atoms with Crippen molar-refractivity contribution < 1.29 is 4.79 Å². The number of benzene rings is 1. The van der Waals surface area contributed by atoms with Crippen LogP contribution in [0.2, 0.25) is 0 Å². The largest absolute Gasteiger partial charge is 0.368 e. The molecule has 1 aromatic carbocycles. The van der Waals surface area contributed by atoms with E-state index in [-0.39, 0.29) is 12.5 Å². The lowest BCUT2D eigenvalue weighted by molar-refractivity contribution is -0.116. The van der Waals surface area contributed by atoms with Gasteiger partial charge in [-0.3, -0.25) is 4.79 Å². The van der Waals surface area contributed by atoms with Crippen molar-refractivity contribution in [1.29, 1.82) is 0 Å². The third kappa shape index (κ3) is 3.55. The van der Waals surface area contributed by atoms with E-state index in [4.69, 9.17) is 11.5 Å². The van der Waals surface area contributed by atoms with E-state index in [2.05, 4.69) is 0 Å². The Kier molecular flexibility index (Phi) is 4.79. The van der Waals surface area contributed by atoms with E-state index in [1.54, 1.807) is 0 Å². The molecule has 4 N–H and O–H groups in total. The SMILES string of the molecule is Cc1ccccc1N(CCCN)CC(N)=O. The van der Waals surface area contributed by atoms with Gasteiger partial charge in [0.05, 0.1) is 6.54 Å². The van der Waals surface area contributed by atoms with E-state index in [0.29, 0.717) is 6.54 Å². The second-order valence-corrected chi connectivity index (χ2v) is 3.82. The van der Waals surface area contributed by atoms with Crippen molar-refractivity contribution in [3.05, 3.63) is 29.8 Å². The van der Waals surface area contributed by atoms with E-state index < -0.39 is 0 Å². The maximum Gasteiger partial charge on any atom is 0.236 e. The van der Waals surface area contributed by atoms with Crippen LogP contribution in [-0.4, -0.2) is 25.5 Å². The standard InChI is InChI=1S/C12H19N3O/c1-10-5-2-3-6-11(10)15(8-4-7-13)9-12(14)16/h2-3,5-6H,4,7-9,13H2,1H3,(H2,14,16). The monoisotopic (exact) mass is 221 g/mol. The van der Waals surface area contributed by atoms with Gasteiger partial charge in [0.25, 0.3) is 0 Å². The summed E-state index contributed by atoms with van der Waals surface area (Å²) in [6.07, 6.45) is 0.849. The van der Waals surface area contributed by atoms with Gasteiger partial charge in [0, 0.05) is 12.2 Å². The molecule has 0 unspecified atom stereocenters. The van der Waals surface area contributed by atoms with E-state index in [1.807, 2.05) is 36.1 Å². The van der Waals surface area contributed by atoms with Crippen LogP contribution in [0.3, 0.4) is 0 Å². The molecule has 0 saturated heterocycles. The number of hydrogen-bond acceptors (Lipinski definition) is 3. The molecule has 4 nitrogen and oxygen atoms in total. The lowest BCUT2D eigenvalue weighted by Crippen LogP contribution is -2.35. The quantitative estimate of drug-likeness (QED) is 0.740. The Morgan fingerprint density at radius 2 is 2.06 bits per heavy atom. The van der Waals surface area contributed by atoms with Crippen molar-refractivity contribution >= 4 is 11.6 Å². The molecule has 0 atom stereocenters. The Balaban J connectivity index is 2.82. The number of carbonyl (C=O) groups excluding carboxylic acids is 1. The zero-order chi connectivity index (χ0) is 12.0. The Hall–Kier alpha value is -1.55. The highest BCUT2D eigenvalue weighted by Crippen LogP contribution is 2.18. The van der Waals surface area contributed by atoms with Crippen molar-refractivity contribution in [3.63, 3.8) is 0 Å². The summed E-state index contributed by atoms with van der Waals surface area (Å²) in [7, 11) is 0. The normalized spacial score (nSPS) is 10.1. The Morgan fingerprint density at radius 1 is 1.38 bits per heavy atom. The highest BCUT2D eigenvalue weighted by molar-refractivity contribution is 5.79. The molecular formula is C12H19N3O. The minimum atomic E-state index is -0.319. The van der Waals surface area contributed by atoms with Crippen LogP contribution in [0.1, 0.15) is 12.0 Å². The van der Waals surface area contributed by atoms with Gasteiger partial charge in [-0.25, -0.2) is 0 Å². The second-order valence-electron chi connectivity index (χ2n) is 3.82. The molecule has 1 rings (SSSR count). The zero-order valence-corrected chi connectivity index (χ0v) is 9.65. The highest BCUT2D eigenvalue weighted by Gasteiger charge is 2.10. The molecule has 16 heavy (non-hydrogen) atoms. The summed E-state index contributed by atoms with van der Waals surface area (Å²) < 4.78 is 0. The van der Waals surface area contributed by atoms with Crippen molar-refractivity contribution in [1.82, 2.24) is 0 Å². The number of aryl methyl sites for hydroxylation is 1. The van der Waals surface area contributed by atoms with Crippen LogP contribution in [0.4, 0.5) is 5.69 Å². The number of rotatable bonds is 6. The van der Waals surface area contributed by atoms with Gasteiger partial charge >= 0.3 is 0 Å². The highest BCUT2D eigenvalue weighted by atomic mass is 16.1. The third-order valence-corrected chi connectivity index (χ3v) is 2.43. The number of primary amides is 1. The summed E-state index contributed by atoms with van der Waals surface area (Å²) in [6.45, 7) is 3.63. The molecule has 88 valence electrons. The van der Waals surface area contributed by atoms with Crippen LogP contribution in [-0.2, 0) is 4.79 Å². The van der Waals surface area contributed by atoms with Crippen LogP contribution in [0, 0.1) is 6.92 Å². The van der Waals surface area contributed by atoms with Crippen LogP contribution >= 0.6 is 0 Å². The van der Waals surface area contributed by atoms with Crippen molar-refractivity contribution in [2.24, 2.45) is 11.5 Å². The minimum absolute atomic E-state index is 0.241. The fourth-order valence-electron chi connectivity index (χ4n) is 1.67. The molecule has 0 radical (unpaired) electrons. The number of carbonyl (C=O) groups is 1. The predicted octanol–water partition coefficient (Wildman–Crippen LogP) is 0.636. The van der Waals surface area contributed by atoms with E-state index in [1.165, 1.54) is 0 Å². The van der Waals surface area contributed by atoms with Crippen molar-refractivity contribution in [2.45, 2.75) is 13.3 Å². The first-order chi connectivity index (χ1) is 7.65. The first kappa shape index (κ1) is 12.5. The molecular weight excluding hydrogens is 202 g/mol. The molecule has 0 aromatic heterocycles. The van der Waals surface area contributed by atoms with Crippen molar-refractivity contribution in [3.8, 4) is 0 Å².